The van der Waals surface area contributed by atoms with E-state index in [0.29, 0.717) is 37.6 Å². The van der Waals surface area contributed by atoms with Gasteiger partial charge in [0.2, 0.25) is 0 Å². The maximum Gasteiger partial charge on any atom is 0.161 e. The van der Waals surface area contributed by atoms with Gasteiger partial charge in [-0.3, -0.25) is 9.59 Å². The van der Waals surface area contributed by atoms with E-state index in [9.17, 15) is 9.59 Å². The zero-order valence-electron chi connectivity index (χ0n) is 21.6. The summed E-state index contributed by atoms with van der Waals surface area (Å²) in [5, 5.41) is 0. The lowest BCUT2D eigenvalue weighted by Crippen LogP contribution is -2.39. The van der Waals surface area contributed by atoms with Crippen LogP contribution in [0.4, 0.5) is 0 Å². The van der Waals surface area contributed by atoms with Crippen molar-refractivity contribution < 1.29 is 19.1 Å². The van der Waals surface area contributed by atoms with Crippen molar-refractivity contribution in [2.45, 2.75) is 57.8 Å². The summed E-state index contributed by atoms with van der Waals surface area (Å²) >= 11 is 0. The third-order valence-corrected chi connectivity index (χ3v) is 7.51. The van der Waals surface area contributed by atoms with Crippen LogP contribution in [0, 0.1) is 0 Å². The van der Waals surface area contributed by atoms with Gasteiger partial charge >= 0.3 is 0 Å². The summed E-state index contributed by atoms with van der Waals surface area (Å²) in [6.45, 7) is 7.31. The van der Waals surface area contributed by atoms with Crippen LogP contribution in [0.5, 0.6) is 11.5 Å². The molecule has 3 aliphatic rings. The Balaban J connectivity index is 1.61. The van der Waals surface area contributed by atoms with Crippen LogP contribution in [0.15, 0.2) is 83.7 Å². The minimum Gasteiger partial charge on any atom is -0.490 e. The van der Waals surface area contributed by atoms with E-state index in [-0.39, 0.29) is 17.5 Å². The average molecular weight is 498 g/mol. The predicted molar refractivity (Wildman–Crippen MR) is 145 cm³/mol. The first-order chi connectivity index (χ1) is 18.1. The molecule has 0 atom stereocenters. The molecule has 0 saturated carbocycles. The second-order valence-corrected chi connectivity index (χ2v) is 9.83. The maximum atomic E-state index is 13.5. The van der Waals surface area contributed by atoms with Gasteiger partial charge in [-0.1, -0.05) is 49.1 Å². The SMILES string of the molecule is C=CCOc1ccc(C2C3=C(CCCC3=O)N(CCc3ccccc3)C3=C2C(=O)CCC3)cc1OCC. The predicted octanol–water partition coefficient (Wildman–Crippen LogP) is 6.31. The molecule has 192 valence electrons. The Labute approximate surface area is 219 Å². The first-order valence-electron chi connectivity index (χ1n) is 13.5. The van der Waals surface area contributed by atoms with Crippen molar-refractivity contribution in [3.8, 4) is 11.5 Å². The first kappa shape index (κ1) is 25.1. The Morgan fingerprint density at radius 2 is 1.57 bits per heavy atom. The van der Waals surface area contributed by atoms with Crippen LogP contribution in [0.3, 0.4) is 0 Å². The number of allylic oxidation sites excluding steroid dienone is 4. The highest BCUT2D eigenvalue weighted by molar-refractivity contribution is 6.06. The fourth-order valence-corrected chi connectivity index (χ4v) is 5.95. The normalized spacial score (nSPS) is 18.0. The van der Waals surface area contributed by atoms with Crippen LogP contribution in [0.25, 0.3) is 0 Å². The second-order valence-electron chi connectivity index (χ2n) is 9.83. The Hall–Kier alpha value is -3.60. The third-order valence-electron chi connectivity index (χ3n) is 7.51. The molecule has 2 aliphatic carbocycles. The Kier molecular flexibility index (Phi) is 7.59. The smallest absolute Gasteiger partial charge is 0.161 e. The molecule has 0 saturated heterocycles. The van der Waals surface area contributed by atoms with Crippen molar-refractivity contribution in [1.29, 1.82) is 0 Å². The summed E-state index contributed by atoms with van der Waals surface area (Å²) in [7, 11) is 0. The van der Waals surface area contributed by atoms with Gasteiger partial charge in [-0.25, -0.2) is 0 Å². The summed E-state index contributed by atoms with van der Waals surface area (Å²) in [6, 6.07) is 16.3. The number of nitrogens with zero attached hydrogens (tertiary/aromatic N) is 1. The molecule has 0 radical (unpaired) electrons. The summed E-state index contributed by atoms with van der Waals surface area (Å²) in [4.78, 5) is 29.4. The molecule has 0 amide bonds. The van der Waals surface area contributed by atoms with E-state index < -0.39 is 0 Å². The fourth-order valence-electron chi connectivity index (χ4n) is 5.95. The van der Waals surface area contributed by atoms with Gasteiger partial charge in [0, 0.05) is 47.8 Å². The molecular weight excluding hydrogens is 462 g/mol. The topological polar surface area (TPSA) is 55.8 Å². The summed E-state index contributed by atoms with van der Waals surface area (Å²) < 4.78 is 11.7. The number of Topliss-reactive ketones (excluding diaryl/α,β-unsaturated/α-hetero) is 2. The van der Waals surface area contributed by atoms with Gasteiger partial charge < -0.3 is 14.4 Å². The number of ether oxygens (including phenoxy) is 2. The Bertz CT molecular complexity index is 1210. The highest BCUT2D eigenvalue weighted by Crippen LogP contribution is 2.50. The zero-order chi connectivity index (χ0) is 25.8. The van der Waals surface area contributed by atoms with Crippen LogP contribution in [-0.4, -0.2) is 36.2 Å². The molecule has 0 spiro atoms. The summed E-state index contributed by atoms with van der Waals surface area (Å²) in [5.41, 5.74) is 5.99. The molecular formula is C32H35NO4. The van der Waals surface area contributed by atoms with Gasteiger partial charge in [-0.2, -0.15) is 0 Å². The number of rotatable bonds is 9. The van der Waals surface area contributed by atoms with Gasteiger partial charge in [0.1, 0.15) is 6.61 Å². The van der Waals surface area contributed by atoms with E-state index in [0.717, 1.165) is 66.8 Å². The number of ketones is 2. The average Bonchev–Trinajstić information content (AvgIpc) is 2.92. The second kappa shape index (κ2) is 11.2. The lowest BCUT2D eigenvalue weighted by atomic mass is 9.71. The molecule has 1 heterocycles. The van der Waals surface area contributed by atoms with Gasteiger partial charge in [-0.05, 0) is 62.3 Å². The minimum absolute atomic E-state index is 0.158. The molecule has 5 heteroatoms. The van der Waals surface area contributed by atoms with E-state index in [1.165, 1.54) is 5.56 Å². The van der Waals surface area contributed by atoms with Crippen LogP contribution >= 0.6 is 0 Å². The number of hydrogen-bond donors (Lipinski definition) is 0. The van der Waals surface area contributed by atoms with Crippen molar-refractivity contribution in [3.63, 3.8) is 0 Å². The molecule has 5 rings (SSSR count). The van der Waals surface area contributed by atoms with Crippen molar-refractivity contribution in [2.75, 3.05) is 19.8 Å². The van der Waals surface area contributed by atoms with Crippen LogP contribution in [0.2, 0.25) is 0 Å². The quantitative estimate of drug-likeness (QED) is 0.380. The largest absolute Gasteiger partial charge is 0.490 e. The van der Waals surface area contributed by atoms with E-state index >= 15 is 0 Å². The summed E-state index contributed by atoms with van der Waals surface area (Å²) in [5.74, 6) is 1.23. The van der Waals surface area contributed by atoms with Gasteiger partial charge in [0.05, 0.1) is 6.61 Å². The van der Waals surface area contributed by atoms with Gasteiger partial charge in [-0.15, -0.1) is 0 Å². The lowest BCUT2D eigenvalue weighted by molar-refractivity contribution is -0.117. The standard InChI is InChI=1S/C32H35NO4/c1-3-20-37-28-17-16-23(21-29(28)36-4-2)30-31-24(12-8-14-26(31)34)33(19-18-22-10-6-5-7-11-22)25-13-9-15-27(35)32(25)30/h3,5-7,10-11,16-17,21,30H,1,4,8-9,12-15,18-20H2,2H3. The van der Waals surface area contributed by atoms with E-state index in [2.05, 4.69) is 35.7 Å². The molecule has 5 nitrogen and oxygen atoms in total. The van der Waals surface area contributed by atoms with Gasteiger partial charge in [0.25, 0.3) is 0 Å². The lowest BCUT2D eigenvalue weighted by Gasteiger charge is -2.44. The minimum atomic E-state index is -0.355. The van der Waals surface area contributed by atoms with Gasteiger partial charge in [0.15, 0.2) is 23.1 Å². The molecule has 0 fully saturated rings. The summed E-state index contributed by atoms with van der Waals surface area (Å²) in [6.07, 6.45) is 7.03. The highest BCUT2D eigenvalue weighted by atomic mass is 16.5. The number of carbonyl (C=O) groups is 2. The van der Waals surface area contributed by atoms with E-state index in [4.69, 9.17) is 9.47 Å². The number of carbonyl (C=O) groups excluding carboxylic acids is 2. The monoisotopic (exact) mass is 497 g/mol. The van der Waals surface area contributed by atoms with Crippen LogP contribution in [-0.2, 0) is 16.0 Å². The van der Waals surface area contributed by atoms with E-state index in [1.807, 2.05) is 31.2 Å². The fraction of sp³-hybridized carbons (Fsp3) is 0.375. The molecule has 0 unspecified atom stereocenters. The number of benzene rings is 2. The molecule has 1 aliphatic heterocycles. The van der Waals surface area contributed by atoms with Crippen molar-refractivity contribution in [2.24, 2.45) is 0 Å². The maximum absolute atomic E-state index is 13.5. The molecule has 2 aromatic carbocycles. The zero-order valence-corrected chi connectivity index (χ0v) is 21.6. The van der Waals surface area contributed by atoms with E-state index in [1.54, 1.807) is 6.08 Å². The molecule has 2 aromatic rings. The van der Waals surface area contributed by atoms with Crippen molar-refractivity contribution in [1.82, 2.24) is 4.90 Å². The van der Waals surface area contributed by atoms with Crippen LogP contribution < -0.4 is 9.47 Å². The van der Waals surface area contributed by atoms with Crippen molar-refractivity contribution >= 4 is 11.6 Å². The molecule has 0 N–H and O–H groups in total. The molecule has 37 heavy (non-hydrogen) atoms. The molecule has 0 aromatic heterocycles. The number of hydrogen-bond acceptors (Lipinski definition) is 5. The van der Waals surface area contributed by atoms with Crippen molar-refractivity contribution in [3.05, 3.63) is 94.9 Å². The first-order valence-corrected chi connectivity index (χ1v) is 13.5. The van der Waals surface area contributed by atoms with Crippen LogP contribution in [0.1, 0.15) is 62.5 Å². The third kappa shape index (κ3) is 5.00. The highest BCUT2D eigenvalue weighted by Gasteiger charge is 2.43. The Morgan fingerprint density at radius 3 is 2.19 bits per heavy atom. The Morgan fingerprint density at radius 1 is 0.892 bits per heavy atom. The molecule has 0 bridgehead atoms.